The Hall–Kier alpha value is -2.68. The molecule has 0 bridgehead atoms. The van der Waals surface area contributed by atoms with Crippen LogP contribution in [0.5, 0.6) is 0 Å². The highest BCUT2D eigenvalue weighted by Crippen LogP contribution is 2.34. The van der Waals surface area contributed by atoms with Gasteiger partial charge in [0.05, 0.1) is 11.4 Å². The quantitative estimate of drug-likeness (QED) is 0.590. The zero-order chi connectivity index (χ0) is 24.1. The molecule has 2 N–H and O–H groups in total. The van der Waals surface area contributed by atoms with E-state index in [0.29, 0.717) is 17.4 Å². The molecule has 1 aromatic carbocycles. The van der Waals surface area contributed by atoms with Crippen molar-refractivity contribution in [2.24, 2.45) is 9.98 Å². The van der Waals surface area contributed by atoms with Crippen LogP contribution in [-0.4, -0.2) is 57.5 Å². The number of nitrogens with one attached hydrogen (secondary N) is 2. The van der Waals surface area contributed by atoms with Gasteiger partial charge in [-0.1, -0.05) is 50.1 Å². The summed E-state index contributed by atoms with van der Waals surface area (Å²) in [6.07, 6.45) is 7.07. The molecule has 1 aliphatic carbocycles. The molecule has 9 heteroatoms. The predicted molar refractivity (Wildman–Crippen MR) is 135 cm³/mol. The zero-order valence-electron chi connectivity index (χ0n) is 19.9. The Bertz CT molecular complexity index is 1000. The Kier molecular flexibility index (Phi) is 8.03. The summed E-state index contributed by atoms with van der Waals surface area (Å²) in [6.45, 7) is 3.97. The molecule has 0 unspecified atom stereocenters. The number of hydrogen-bond acceptors (Lipinski definition) is 6. The van der Waals surface area contributed by atoms with Crippen LogP contribution in [0.4, 0.5) is 5.69 Å². The van der Waals surface area contributed by atoms with Gasteiger partial charge in [-0.2, -0.15) is 0 Å². The third-order valence-electron chi connectivity index (χ3n) is 6.51. The Morgan fingerprint density at radius 2 is 1.94 bits per heavy atom. The van der Waals surface area contributed by atoms with Gasteiger partial charge in [0.1, 0.15) is 11.9 Å². The van der Waals surface area contributed by atoms with Crippen LogP contribution >= 0.6 is 11.8 Å². The van der Waals surface area contributed by atoms with Gasteiger partial charge >= 0.3 is 0 Å². The first kappa shape index (κ1) is 24.4. The monoisotopic (exact) mass is 483 g/mol. The highest BCUT2D eigenvalue weighted by molar-refractivity contribution is 8.14. The average Bonchev–Trinajstić information content (AvgIpc) is 3.18. The fourth-order valence-electron chi connectivity index (χ4n) is 4.45. The van der Waals surface area contributed by atoms with Crippen molar-refractivity contribution < 1.29 is 14.4 Å². The molecule has 2 heterocycles. The highest BCUT2D eigenvalue weighted by Gasteiger charge is 2.41. The first-order chi connectivity index (χ1) is 16.5. The van der Waals surface area contributed by atoms with E-state index in [2.05, 4.69) is 15.6 Å². The van der Waals surface area contributed by atoms with Crippen LogP contribution in [0.2, 0.25) is 0 Å². The fraction of sp³-hybridized carbons (Fsp3) is 0.560. The van der Waals surface area contributed by atoms with E-state index in [1.165, 1.54) is 23.1 Å². The summed E-state index contributed by atoms with van der Waals surface area (Å²) < 4.78 is 0. The van der Waals surface area contributed by atoms with E-state index in [9.17, 15) is 14.4 Å². The molecule has 182 valence electrons. The minimum Gasteiger partial charge on any atom is -0.353 e. The van der Waals surface area contributed by atoms with Crippen molar-refractivity contribution in [2.45, 2.75) is 83.3 Å². The van der Waals surface area contributed by atoms with Crippen LogP contribution in [-0.2, 0) is 14.4 Å². The highest BCUT2D eigenvalue weighted by atomic mass is 32.2. The minimum atomic E-state index is -0.627. The summed E-state index contributed by atoms with van der Waals surface area (Å²) in [5, 5.41) is 6.51. The van der Waals surface area contributed by atoms with E-state index >= 15 is 0 Å². The van der Waals surface area contributed by atoms with Crippen LogP contribution in [0, 0.1) is 0 Å². The molecule has 3 amide bonds. The number of carbonyl (C=O) groups is 3. The molecule has 4 rings (SSSR count). The number of nitrogens with zero attached hydrogens (tertiary/aromatic N) is 3. The first-order valence-corrected chi connectivity index (χ1v) is 13.3. The maximum Gasteiger partial charge on any atom is 0.259 e. The molecule has 1 aromatic rings. The summed E-state index contributed by atoms with van der Waals surface area (Å²) in [5.41, 5.74) is 1.52. The molecular formula is C25H33N5O3S. The second-order valence-corrected chi connectivity index (χ2v) is 10.1. The van der Waals surface area contributed by atoms with E-state index in [4.69, 9.17) is 4.99 Å². The van der Waals surface area contributed by atoms with E-state index in [1.807, 2.05) is 38.1 Å². The van der Waals surface area contributed by atoms with Crippen LogP contribution < -0.4 is 10.6 Å². The van der Waals surface area contributed by atoms with Crippen LogP contribution in [0.25, 0.3) is 0 Å². The molecule has 2 atom stereocenters. The number of para-hydroxylation sites is 1. The maximum atomic E-state index is 13.3. The van der Waals surface area contributed by atoms with Crippen molar-refractivity contribution >= 4 is 46.2 Å². The third-order valence-corrected chi connectivity index (χ3v) is 7.45. The lowest BCUT2D eigenvalue weighted by Gasteiger charge is -2.25. The van der Waals surface area contributed by atoms with Gasteiger partial charge in [0.25, 0.3) is 5.91 Å². The lowest BCUT2D eigenvalue weighted by molar-refractivity contribution is -0.125. The topological polar surface area (TPSA) is 103 Å². The van der Waals surface area contributed by atoms with Gasteiger partial charge in [0.2, 0.25) is 11.8 Å². The normalized spacial score (nSPS) is 20.7. The largest absolute Gasteiger partial charge is 0.353 e. The molecule has 8 nitrogen and oxygen atoms in total. The van der Waals surface area contributed by atoms with Crippen LogP contribution in [0.1, 0.15) is 70.8 Å². The number of hydrogen-bond donors (Lipinski definition) is 2. The number of aliphatic imine (C=N–C) groups is 2. The van der Waals surface area contributed by atoms with Crippen LogP contribution in [0.3, 0.4) is 0 Å². The second kappa shape index (κ2) is 11.2. The molecule has 1 saturated carbocycles. The summed E-state index contributed by atoms with van der Waals surface area (Å²) in [5.74, 6) is 0.412. The van der Waals surface area contributed by atoms with Crippen molar-refractivity contribution in [1.82, 2.24) is 15.5 Å². The summed E-state index contributed by atoms with van der Waals surface area (Å²) in [4.78, 5) is 49.0. The van der Waals surface area contributed by atoms with E-state index < -0.39 is 6.04 Å². The van der Waals surface area contributed by atoms with E-state index in [1.54, 1.807) is 0 Å². The number of amidine groups is 2. The summed E-state index contributed by atoms with van der Waals surface area (Å²) >= 11 is 1.23. The number of rotatable bonds is 8. The SMILES string of the molecule is CC[C@H](C)NC(=O)CSC1=Nc2ccccc2C2=N[C@H](CCC(=O)NC3CCCCC3)C(=O)N12. The zero-order valence-corrected chi connectivity index (χ0v) is 20.7. The summed E-state index contributed by atoms with van der Waals surface area (Å²) in [7, 11) is 0. The Morgan fingerprint density at radius 3 is 2.71 bits per heavy atom. The van der Waals surface area contributed by atoms with Gasteiger partial charge in [-0.05, 0) is 44.7 Å². The van der Waals surface area contributed by atoms with Crippen molar-refractivity contribution in [3.63, 3.8) is 0 Å². The van der Waals surface area contributed by atoms with Gasteiger partial charge in [0, 0.05) is 24.1 Å². The average molecular weight is 484 g/mol. The molecule has 0 saturated heterocycles. The van der Waals surface area contributed by atoms with E-state index in [0.717, 1.165) is 43.4 Å². The van der Waals surface area contributed by atoms with Crippen molar-refractivity contribution in [3.05, 3.63) is 29.8 Å². The molecule has 0 radical (unpaired) electrons. The third kappa shape index (κ3) is 5.68. The van der Waals surface area contributed by atoms with Gasteiger partial charge in [0.15, 0.2) is 5.17 Å². The van der Waals surface area contributed by atoms with Gasteiger partial charge in [-0.3, -0.25) is 19.4 Å². The summed E-state index contributed by atoms with van der Waals surface area (Å²) in [6, 6.07) is 7.27. The van der Waals surface area contributed by atoms with Crippen LogP contribution in [0.15, 0.2) is 34.3 Å². The molecular weight excluding hydrogens is 450 g/mol. The van der Waals surface area contributed by atoms with Crippen molar-refractivity contribution in [3.8, 4) is 0 Å². The number of fused-ring (bicyclic) bond motifs is 3. The molecule has 0 spiro atoms. The molecule has 2 aliphatic heterocycles. The lowest BCUT2D eigenvalue weighted by Crippen LogP contribution is -2.42. The lowest BCUT2D eigenvalue weighted by atomic mass is 9.95. The predicted octanol–water partition coefficient (Wildman–Crippen LogP) is 3.52. The number of amides is 3. The van der Waals surface area contributed by atoms with E-state index in [-0.39, 0.29) is 42.0 Å². The number of benzene rings is 1. The molecule has 1 fully saturated rings. The fourth-order valence-corrected chi connectivity index (χ4v) is 5.26. The van der Waals surface area contributed by atoms with Gasteiger partial charge in [-0.25, -0.2) is 9.89 Å². The molecule has 0 aromatic heterocycles. The first-order valence-electron chi connectivity index (χ1n) is 12.3. The van der Waals surface area contributed by atoms with Crippen molar-refractivity contribution in [2.75, 3.05) is 5.75 Å². The molecule has 34 heavy (non-hydrogen) atoms. The molecule has 3 aliphatic rings. The van der Waals surface area contributed by atoms with Gasteiger partial charge < -0.3 is 10.6 Å². The maximum absolute atomic E-state index is 13.3. The Balaban J connectivity index is 1.43. The van der Waals surface area contributed by atoms with Crippen molar-refractivity contribution in [1.29, 1.82) is 0 Å². The Morgan fingerprint density at radius 1 is 1.18 bits per heavy atom. The minimum absolute atomic E-state index is 0.0184. The Labute approximate surface area is 205 Å². The smallest absolute Gasteiger partial charge is 0.259 e. The van der Waals surface area contributed by atoms with Gasteiger partial charge in [-0.15, -0.1) is 0 Å². The number of thioether (sulfide) groups is 1. The standard InChI is InChI=1S/C25H33N5O3S/c1-3-16(2)26-22(32)15-34-25-29-19-12-8-7-11-18(19)23-28-20(24(33)30(23)25)13-14-21(31)27-17-9-5-4-6-10-17/h7-8,11-12,16-17,20H,3-6,9-10,13-15H2,1-2H3,(H,26,32)(H,27,31)/t16-,20+/m0/s1. The number of carbonyl (C=O) groups excluding carboxylic acids is 3. The second-order valence-electron chi connectivity index (χ2n) is 9.16.